The van der Waals surface area contributed by atoms with Gasteiger partial charge in [-0.25, -0.2) is 14.4 Å². The molecule has 9 heteroatoms. The van der Waals surface area contributed by atoms with E-state index in [2.05, 4.69) is 20.1 Å². The van der Waals surface area contributed by atoms with Crippen LogP contribution in [0.5, 0.6) is 0 Å². The number of benzene rings is 1. The van der Waals surface area contributed by atoms with Gasteiger partial charge in [0.05, 0.1) is 23.7 Å². The average Bonchev–Trinajstić information content (AvgIpc) is 2.91. The molecular weight excluding hydrogens is 473 g/mol. The summed E-state index contributed by atoms with van der Waals surface area (Å²) in [6.45, 7) is 3.64. The lowest BCUT2D eigenvalue weighted by Crippen LogP contribution is -2.24. The molecule has 2 aliphatic rings. The summed E-state index contributed by atoms with van der Waals surface area (Å²) in [4.78, 5) is 18.9. The summed E-state index contributed by atoms with van der Waals surface area (Å²) in [7, 11) is 0. The molecular formula is C28H32FN5O3. The van der Waals surface area contributed by atoms with Crippen LogP contribution in [0.4, 0.5) is 10.3 Å². The Balaban J connectivity index is 1.35. The van der Waals surface area contributed by atoms with Crippen LogP contribution in [0.2, 0.25) is 0 Å². The Kier molecular flexibility index (Phi) is 8.01. The van der Waals surface area contributed by atoms with Gasteiger partial charge in [-0.3, -0.25) is 4.98 Å². The van der Waals surface area contributed by atoms with Crippen molar-refractivity contribution in [2.75, 3.05) is 25.6 Å². The Hall–Kier alpha value is -3.43. The largest absolute Gasteiger partial charge is 0.395 e. The molecule has 1 saturated heterocycles. The molecule has 0 spiro atoms. The number of nitrogen functional groups attached to an aromatic ring is 1. The lowest BCUT2D eigenvalue weighted by atomic mass is 9.78. The Morgan fingerprint density at radius 1 is 1.16 bits per heavy atom. The minimum atomic E-state index is -0.292. The minimum absolute atomic E-state index is 0.00568. The highest BCUT2D eigenvalue weighted by molar-refractivity contribution is 6.03. The first-order chi connectivity index (χ1) is 18.1. The Labute approximate surface area is 216 Å². The Morgan fingerprint density at radius 3 is 2.89 bits per heavy atom. The van der Waals surface area contributed by atoms with Crippen molar-refractivity contribution < 1.29 is 18.7 Å². The highest BCUT2D eigenvalue weighted by Gasteiger charge is 2.30. The minimum Gasteiger partial charge on any atom is -0.395 e. The molecule has 2 atom stereocenters. The van der Waals surface area contributed by atoms with Gasteiger partial charge in [0.1, 0.15) is 12.4 Å². The van der Waals surface area contributed by atoms with E-state index >= 15 is 0 Å². The number of aromatic nitrogens is 3. The summed E-state index contributed by atoms with van der Waals surface area (Å²) in [5.41, 5.74) is 11.9. The topological polar surface area (TPSA) is 105 Å². The van der Waals surface area contributed by atoms with Gasteiger partial charge in [-0.1, -0.05) is 17.3 Å². The fourth-order valence-electron chi connectivity index (χ4n) is 5.08. The van der Waals surface area contributed by atoms with Crippen LogP contribution in [-0.4, -0.2) is 46.8 Å². The molecule has 194 valence electrons. The van der Waals surface area contributed by atoms with E-state index in [0.29, 0.717) is 32.5 Å². The molecule has 2 N–H and O–H groups in total. The third-order valence-electron chi connectivity index (χ3n) is 6.77. The lowest BCUT2D eigenvalue weighted by Gasteiger charge is -2.28. The van der Waals surface area contributed by atoms with Crippen LogP contribution in [0.25, 0.3) is 11.1 Å². The first-order valence-corrected chi connectivity index (χ1v) is 12.8. The number of fused-ring (bicyclic) bond motifs is 1. The second-order valence-electron chi connectivity index (χ2n) is 9.46. The van der Waals surface area contributed by atoms with Gasteiger partial charge in [-0.05, 0) is 67.9 Å². The van der Waals surface area contributed by atoms with Gasteiger partial charge in [0.15, 0.2) is 6.29 Å². The Bertz CT molecular complexity index is 1250. The molecule has 37 heavy (non-hydrogen) atoms. The fraction of sp³-hybridized carbons (Fsp3) is 0.429. The fourth-order valence-corrected chi connectivity index (χ4v) is 5.08. The molecule has 0 bridgehead atoms. The van der Waals surface area contributed by atoms with Crippen molar-refractivity contribution in [3.63, 3.8) is 0 Å². The monoisotopic (exact) mass is 505 g/mol. The van der Waals surface area contributed by atoms with E-state index in [4.69, 9.17) is 20.0 Å². The van der Waals surface area contributed by atoms with Crippen LogP contribution >= 0.6 is 0 Å². The van der Waals surface area contributed by atoms with Crippen LogP contribution < -0.4 is 5.73 Å². The van der Waals surface area contributed by atoms with E-state index in [1.165, 1.54) is 6.07 Å². The van der Waals surface area contributed by atoms with Gasteiger partial charge in [0, 0.05) is 43.0 Å². The number of pyridine rings is 1. The average molecular weight is 506 g/mol. The molecule has 1 unspecified atom stereocenters. The maximum Gasteiger partial charge on any atom is 0.220 e. The highest BCUT2D eigenvalue weighted by atomic mass is 19.1. The predicted molar refractivity (Wildman–Crippen MR) is 139 cm³/mol. The van der Waals surface area contributed by atoms with E-state index in [9.17, 15) is 4.39 Å². The molecule has 1 aliphatic heterocycles. The standard InChI is InChI=1S/C28H32FN5O3/c1-18-27-24(33-28(30)32-18)14-20(22-9-8-21(29)16-23(22)19-6-4-10-31-17-19)15-25(27)34-37-13-5-12-36-26-7-2-3-11-35-26/h4,6,8-10,16-17,20,26H,2-3,5,7,11-15H2,1H3,(H2,30,32,33)/b34-25+/t20-,26?/m1/s1. The number of nitrogens with two attached hydrogens (primary N) is 1. The molecule has 0 radical (unpaired) electrons. The number of nitrogens with zero attached hydrogens (tertiary/aromatic N) is 4. The maximum absolute atomic E-state index is 14.3. The number of hydrogen-bond acceptors (Lipinski definition) is 8. The molecule has 3 heterocycles. The number of ether oxygens (including phenoxy) is 2. The van der Waals surface area contributed by atoms with Crippen LogP contribution in [0.3, 0.4) is 0 Å². The van der Waals surface area contributed by atoms with Gasteiger partial charge < -0.3 is 20.0 Å². The quantitative estimate of drug-likeness (QED) is 0.341. The van der Waals surface area contributed by atoms with Crippen molar-refractivity contribution in [3.05, 3.63) is 71.1 Å². The summed E-state index contributed by atoms with van der Waals surface area (Å²) >= 11 is 0. The van der Waals surface area contributed by atoms with E-state index in [0.717, 1.165) is 65.2 Å². The predicted octanol–water partition coefficient (Wildman–Crippen LogP) is 4.95. The number of halogens is 1. The Morgan fingerprint density at radius 2 is 2.08 bits per heavy atom. The van der Waals surface area contributed by atoms with Crippen molar-refractivity contribution in [2.24, 2.45) is 5.16 Å². The van der Waals surface area contributed by atoms with E-state index in [1.54, 1.807) is 18.5 Å². The zero-order valence-electron chi connectivity index (χ0n) is 21.0. The number of rotatable bonds is 8. The van der Waals surface area contributed by atoms with E-state index in [-0.39, 0.29) is 24.0 Å². The number of anilines is 1. The number of aryl methyl sites for hydroxylation is 1. The SMILES string of the molecule is Cc1nc(N)nc2c1/C(=N/OCCCOC1CCCCO1)C[C@H](c1ccc(F)cc1-c1cccnc1)C2. The number of oxime groups is 1. The van der Waals surface area contributed by atoms with Crippen LogP contribution in [0, 0.1) is 12.7 Å². The van der Waals surface area contributed by atoms with Gasteiger partial charge in [0.25, 0.3) is 0 Å². The lowest BCUT2D eigenvalue weighted by molar-refractivity contribution is -0.164. The molecule has 5 rings (SSSR count). The van der Waals surface area contributed by atoms with Crippen molar-refractivity contribution in [1.82, 2.24) is 15.0 Å². The van der Waals surface area contributed by atoms with Gasteiger partial charge in [-0.2, -0.15) is 0 Å². The third-order valence-corrected chi connectivity index (χ3v) is 6.77. The summed E-state index contributed by atoms with van der Waals surface area (Å²) in [6.07, 6.45) is 8.46. The highest BCUT2D eigenvalue weighted by Crippen LogP contribution is 2.38. The molecule has 1 aromatic carbocycles. The maximum atomic E-state index is 14.3. The summed E-state index contributed by atoms with van der Waals surface area (Å²) in [5.74, 6) is -0.0590. The summed E-state index contributed by atoms with van der Waals surface area (Å²) in [6, 6.07) is 8.68. The molecule has 1 fully saturated rings. The third kappa shape index (κ3) is 6.11. The first-order valence-electron chi connectivity index (χ1n) is 12.8. The second kappa shape index (κ2) is 11.7. The van der Waals surface area contributed by atoms with E-state index < -0.39 is 0 Å². The van der Waals surface area contributed by atoms with Crippen molar-refractivity contribution in [3.8, 4) is 11.1 Å². The van der Waals surface area contributed by atoms with Crippen molar-refractivity contribution in [1.29, 1.82) is 0 Å². The van der Waals surface area contributed by atoms with Crippen molar-refractivity contribution >= 4 is 11.7 Å². The normalized spacial score (nSPS) is 20.5. The van der Waals surface area contributed by atoms with Crippen LogP contribution in [-0.2, 0) is 20.7 Å². The van der Waals surface area contributed by atoms with E-state index in [1.807, 2.05) is 25.1 Å². The first kappa shape index (κ1) is 25.2. The zero-order chi connectivity index (χ0) is 25.6. The number of hydrogen-bond donors (Lipinski definition) is 1. The molecule has 8 nitrogen and oxygen atoms in total. The second-order valence-corrected chi connectivity index (χ2v) is 9.46. The molecule has 2 aromatic heterocycles. The molecule has 0 amide bonds. The molecule has 3 aromatic rings. The smallest absolute Gasteiger partial charge is 0.220 e. The van der Waals surface area contributed by atoms with Crippen LogP contribution in [0.15, 0.2) is 47.9 Å². The molecule has 1 aliphatic carbocycles. The van der Waals surface area contributed by atoms with Crippen LogP contribution in [0.1, 0.15) is 60.5 Å². The van der Waals surface area contributed by atoms with Gasteiger partial charge >= 0.3 is 0 Å². The molecule has 0 saturated carbocycles. The van der Waals surface area contributed by atoms with Gasteiger partial charge in [0.2, 0.25) is 5.95 Å². The summed E-state index contributed by atoms with van der Waals surface area (Å²) in [5, 5.41) is 4.52. The zero-order valence-corrected chi connectivity index (χ0v) is 21.0. The summed E-state index contributed by atoms with van der Waals surface area (Å²) < 4.78 is 25.7. The van der Waals surface area contributed by atoms with Crippen molar-refractivity contribution in [2.45, 2.75) is 57.7 Å². The van der Waals surface area contributed by atoms with Gasteiger partial charge in [-0.15, -0.1) is 0 Å².